The van der Waals surface area contributed by atoms with Gasteiger partial charge in [0.15, 0.2) is 0 Å². The molecule has 18 heavy (non-hydrogen) atoms. The van der Waals surface area contributed by atoms with E-state index >= 15 is 0 Å². The highest BCUT2D eigenvalue weighted by atomic mass is 16.5. The molecule has 1 aromatic heterocycles. The van der Waals surface area contributed by atoms with E-state index in [9.17, 15) is 0 Å². The Morgan fingerprint density at radius 2 is 2.11 bits per heavy atom. The SMILES string of the molecule is CCNc1ncnc(N(C)CCOC(C)C)c1C. The highest BCUT2D eigenvalue weighted by molar-refractivity contribution is 5.57. The van der Waals surface area contributed by atoms with Crippen molar-refractivity contribution in [2.75, 3.05) is 37.0 Å². The lowest BCUT2D eigenvalue weighted by Crippen LogP contribution is -2.26. The van der Waals surface area contributed by atoms with Crippen molar-refractivity contribution in [1.29, 1.82) is 0 Å². The van der Waals surface area contributed by atoms with Crippen LogP contribution in [0.3, 0.4) is 0 Å². The van der Waals surface area contributed by atoms with E-state index in [0.29, 0.717) is 6.61 Å². The van der Waals surface area contributed by atoms with Crippen LogP contribution in [0.15, 0.2) is 6.33 Å². The highest BCUT2D eigenvalue weighted by Crippen LogP contribution is 2.20. The molecule has 1 aromatic rings. The second kappa shape index (κ2) is 7.16. The molecular formula is C13H24N4O. The van der Waals surface area contributed by atoms with Crippen molar-refractivity contribution in [3.63, 3.8) is 0 Å². The molecule has 0 fully saturated rings. The molecule has 0 saturated carbocycles. The van der Waals surface area contributed by atoms with Crippen molar-refractivity contribution in [3.05, 3.63) is 11.9 Å². The van der Waals surface area contributed by atoms with Crippen molar-refractivity contribution in [1.82, 2.24) is 9.97 Å². The van der Waals surface area contributed by atoms with E-state index in [0.717, 1.165) is 30.3 Å². The minimum absolute atomic E-state index is 0.266. The van der Waals surface area contributed by atoms with Gasteiger partial charge in [-0.05, 0) is 27.7 Å². The van der Waals surface area contributed by atoms with Gasteiger partial charge in [0.05, 0.1) is 12.7 Å². The molecule has 0 spiro atoms. The second-order valence-electron chi connectivity index (χ2n) is 4.54. The van der Waals surface area contributed by atoms with E-state index in [4.69, 9.17) is 4.74 Å². The quantitative estimate of drug-likeness (QED) is 0.805. The van der Waals surface area contributed by atoms with Gasteiger partial charge in [0.25, 0.3) is 0 Å². The van der Waals surface area contributed by atoms with E-state index in [-0.39, 0.29) is 6.10 Å². The molecule has 0 amide bonds. The lowest BCUT2D eigenvalue weighted by Gasteiger charge is -2.21. The topological polar surface area (TPSA) is 50.3 Å². The molecule has 0 aliphatic rings. The maximum atomic E-state index is 5.55. The number of likely N-dealkylation sites (N-methyl/N-ethyl adjacent to an activating group) is 1. The number of hydrogen-bond donors (Lipinski definition) is 1. The minimum atomic E-state index is 0.266. The van der Waals surface area contributed by atoms with Gasteiger partial charge in [-0.3, -0.25) is 0 Å². The first-order valence-electron chi connectivity index (χ1n) is 6.44. The molecule has 1 heterocycles. The number of anilines is 2. The molecular weight excluding hydrogens is 228 g/mol. The number of nitrogens with zero attached hydrogens (tertiary/aromatic N) is 3. The molecule has 102 valence electrons. The molecule has 1 N–H and O–H groups in total. The molecule has 0 saturated heterocycles. The van der Waals surface area contributed by atoms with Crippen LogP contribution in [0, 0.1) is 6.92 Å². The summed E-state index contributed by atoms with van der Waals surface area (Å²) in [6.07, 6.45) is 1.86. The zero-order valence-electron chi connectivity index (χ0n) is 12.0. The van der Waals surface area contributed by atoms with Gasteiger partial charge in [0, 0.05) is 25.7 Å². The fourth-order valence-electron chi connectivity index (χ4n) is 1.70. The number of ether oxygens (including phenoxy) is 1. The summed E-state index contributed by atoms with van der Waals surface area (Å²) in [7, 11) is 2.02. The van der Waals surface area contributed by atoms with E-state index in [1.807, 2.05) is 27.8 Å². The molecule has 0 aliphatic carbocycles. The molecule has 5 heteroatoms. The standard InChI is InChI=1S/C13H24N4O/c1-6-14-12-11(4)13(16-9-15-12)17(5)7-8-18-10(2)3/h9-10H,6-8H2,1-5H3,(H,14,15,16). The molecule has 0 aromatic carbocycles. The molecule has 0 unspecified atom stereocenters. The Morgan fingerprint density at radius 3 is 2.72 bits per heavy atom. The van der Waals surface area contributed by atoms with E-state index in [1.165, 1.54) is 0 Å². The third-order valence-corrected chi connectivity index (χ3v) is 2.64. The Morgan fingerprint density at radius 1 is 1.39 bits per heavy atom. The van der Waals surface area contributed by atoms with E-state index in [1.54, 1.807) is 6.33 Å². The Bertz CT molecular complexity index is 368. The fourth-order valence-corrected chi connectivity index (χ4v) is 1.70. The average molecular weight is 252 g/mol. The first-order chi connectivity index (χ1) is 8.56. The van der Waals surface area contributed by atoms with Gasteiger partial charge < -0.3 is 15.0 Å². The van der Waals surface area contributed by atoms with Crippen LogP contribution in [0.4, 0.5) is 11.6 Å². The number of rotatable bonds is 7. The number of nitrogens with one attached hydrogen (secondary N) is 1. The fraction of sp³-hybridized carbons (Fsp3) is 0.692. The molecule has 0 radical (unpaired) electrons. The second-order valence-corrected chi connectivity index (χ2v) is 4.54. The number of hydrogen-bond acceptors (Lipinski definition) is 5. The van der Waals surface area contributed by atoms with Crippen LogP contribution in [-0.4, -0.2) is 42.8 Å². The molecule has 0 aliphatic heterocycles. The van der Waals surface area contributed by atoms with Gasteiger partial charge in [-0.25, -0.2) is 9.97 Å². The highest BCUT2D eigenvalue weighted by Gasteiger charge is 2.10. The molecule has 0 atom stereocenters. The van der Waals surface area contributed by atoms with Crippen LogP contribution >= 0.6 is 0 Å². The van der Waals surface area contributed by atoms with Crippen LogP contribution in [0.1, 0.15) is 26.3 Å². The van der Waals surface area contributed by atoms with Crippen molar-refractivity contribution < 1.29 is 4.74 Å². The smallest absolute Gasteiger partial charge is 0.136 e. The summed E-state index contributed by atoms with van der Waals surface area (Å²) in [6.45, 7) is 10.6. The van der Waals surface area contributed by atoms with E-state index < -0.39 is 0 Å². The summed E-state index contributed by atoms with van der Waals surface area (Å²) in [4.78, 5) is 10.7. The summed E-state index contributed by atoms with van der Waals surface area (Å²) in [5, 5.41) is 3.24. The predicted octanol–water partition coefficient (Wildman–Crippen LogP) is 2.08. The third-order valence-electron chi connectivity index (χ3n) is 2.64. The zero-order valence-corrected chi connectivity index (χ0v) is 12.0. The van der Waals surface area contributed by atoms with E-state index in [2.05, 4.69) is 27.1 Å². The zero-order chi connectivity index (χ0) is 13.5. The third kappa shape index (κ3) is 4.14. The Balaban J connectivity index is 2.67. The summed E-state index contributed by atoms with van der Waals surface area (Å²) >= 11 is 0. The average Bonchev–Trinajstić information content (AvgIpc) is 2.31. The lowest BCUT2D eigenvalue weighted by molar-refractivity contribution is 0.0845. The summed E-state index contributed by atoms with van der Waals surface area (Å²) in [5.74, 6) is 1.85. The summed E-state index contributed by atoms with van der Waals surface area (Å²) in [5.41, 5.74) is 1.08. The van der Waals surface area contributed by atoms with Crippen LogP contribution in [-0.2, 0) is 4.74 Å². The first-order valence-corrected chi connectivity index (χ1v) is 6.44. The van der Waals surface area contributed by atoms with Gasteiger partial charge in [0.2, 0.25) is 0 Å². The number of aromatic nitrogens is 2. The van der Waals surface area contributed by atoms with Gasteiger partial charge in [-0.2, -0.15) is 0 Å². The normalized spacial score (nSPS) is 10.8. The minimum Gasteiger partial charge on any atom is -0.377 e. The van der Waals surface area contributed by atoms with Crippen molar-refractivity contribution in [2.24, 2.45) is 0 Å². The summed E-state index contributed by atoms with van der Waals surface area (Å²) in [6, 6.07) is 0. The van der Waals surface area contributed by atoms with Crippen molar-refractivity contribution in [3.8, 4) is 0 Å². The Labute approximate surface area is 110 Å². The maximum absolute atomic E-state index is 5.55. The van der Waals surface area contributed by atoms with Crippen LogP contribution < -0.4 is 10.2 Å². The first kappa shape index (κ1) is 14.7. The molecule has 1 rings (SSSR count). The van der Waals surface area contributed by atoms with Crippen molar-refractivity contribution >= 4 is 11.6 Å². The predicted molar refractivity (Wildman–Crippen MR) is 75.3 cm³/mol. The molecule has 0 bridgehead atoms. The maximum Gasteiger partial charge on any atom is 0.136 e. The van der Waals surface area contributed by atoms with Gasteiger partial charge in [-0.15, -0.1) is 0 Å². The monoisotopic (exact) mass is 252 g/mol. The van der Waals surface area contributed by atoms with Gasteiger partial charge in [-0.1, -0.05) is 0 Å². The Hall–Kier alpha value is -1.36. The van der Waals surface area contributed by atoms with Crippen LogP contribution in [0.5, 0.6) is 0 Å². The Kier molecular flexibility index (Phi) is 5.85. The van der Waals surface area contributed by atoms with Crippen LogP contribution in [0.2, 0.25) is 0 Å². The van der Waals surface area contributed by atoms with Crippen LogP contribution in [0.25, 0.3) is 0 Å². The van der Waals surface area contributed by atoms with Crippen molar-refractivity contribution in [2.45, 2.75) is 33.8 Å². The lowest BCUT2D eigenvalue weighted by atomic mass is 10.3. The van der Waals surface area contributed by atoms with Gasteiger partial charge >= 0.3 is 0 Å². The largest absolute Gasteiger partial charge is 0.377 e. The summed E-state index contributed by atoms with van der Waals surface area (Å²) < 4.78 is 5.55. The van der Waals surface area contributed by atoms with Gasteiger partial charge in [0.1, 0.15) is 18.0 Å². The molecule has 5 nitrogen and oxygen atoms in total.